The average molecular weight is 305 g/mol. The molecule has 3 heteroatoms. The molecule has 116 valence electrons. The Kier molecular flexibility index (Phi) is 4.89. The summed E-state index contributed by atoms with van der Waals surface area (Å²) in [5.74, 6) is 0.827. The van der Waals surface area contributed by atoms with E-state index >= 15 is 0 Å². The number of ether oxygens (including phenoxy) is 1. The zero-order chi connectivity index (χ0) is 15.9. The number of rotatable bonds is 6. The lowest BCUT2D eigenvalue weighted by Gasteiger charge is -2.08. The third kappa shape index (κ3) is 4.33. The minimum absolute atomic E-state index is 0.0111. The molecule has 3 aromatic rings. The molecule has 0 heterocycles. The smallest absolute Gasteiger partial charge is 0.224 e. The summed E-state index contributed by atoms with van der Waals surface area (Å²) in [4.78, 5) is 12.0. The number of hydrogen-bond acceptors (Lipinski definition) is 2. The molecule has 0 fully saturated rings. The van der Waals surface area contributed by atoms with Crippen molar-refractivity contribution in [1.82, 2.24) is 5.32 Å². The molecule has 0 unspecified atom stereocenters. The first-order valence-corrected chi connectivity index (χ1v) is 7.73. The molecule has 23 heavy (non-hydrogen) atoms. The van der Waals surface area contributed by atoms with Gasteiger partial charge in [-0.05, 0) is 28.5 Å². The van der Waals surface area contributed by atoms with Crippen LogP contribution in [0.5, 0.6) is 5.75 Å². The highest BCUT2D eigenvalue weighted by atomic mass is 16.5. The number of fused-ring (bicyclic) bond motifs is 1. The fraction of sp³-hybridized carbons (Fsp3) is 0.150. The average Bonchev–Trinajstić information content (AvgIpc) is 2.59. The van der Waals surface area contributed by atoms with Crippen molar-refractivity contribution >= 4 is 16.7 Å². The van der Waals surface area contributed by atoms with Gasteiger partial charge in [0, 0.05) is 0 Å². The zero-order valence-electron chi connectivity index (χ0n) is 12.9. The summed E-state index contributed by atoms with van der Waals surface area (Å²) < 4.78 is 5.55. The number of carbonyl (C=O) groups excluding carboxylic acids is 1. The fourth-order valence-corrected chi connectivity index (χ4v) is 2.47. The van der Waals surface area contributed by atoms with Crippen LogP contribution < -0.4 is 10.1 Å². The number of nitrogens with one attached hydrogen (secondary N) is 1. The Bertz CT molecular complexity index is 784. The van der Waals surface area contributed by atoms with Gasteiger partial charge in [0.05, 0.1) is 13.0 Å². The number of benzene rings is 3. The van der Waals surface area contributed by atoms with E-state index in [1.807, 2.05) is 48.5 Å². The van der Waals surface area contributed by atoms with Crippen LogP contribution in [0.4, 0.5) is 0 Å². The van der Waals surface area contributed by atoms with E-state index in [4.69, 9.17) is 4.74 Å². The molecule has 0 saturated heterocycles. The number of amides is 1. The predicted octanol–water partition coefficient (Wildman–Crippen LogP) is 3.58. The van der Waals surface area contributed by atoms with Gasteiger partial charge in [0.15, 0.2) is 0 Å². The van der Waals surface area contributed by atoms with E-state index in [0.29, 0.717) is 19.6 Å². The van der Waals surface area contributed by atoms with Crippen LogP contribution in [0.2, 0.25) is 0 Å². The second-order valence-corrected chi connectivity index (χ2v) is 5.37. The summed E-state index contributed by atoms with van der Waals surface area (Å²) in [6.07, 6.45) is 0.385. The van der Waals surface area contributed by atoms with Crippen molar-refractivity contribution in [3.8, 4) is 5.75 Å². The van der Waals surface area contributed by atoms with Gasteiger partial charge in [0.25, 0.3) is 0 Å². The van der Waals surface area contributed by atoms with Crippen LogP contribution in [0.25, 0.3) is 10.8 Å². The molecule has 0 aliphatic carbocycles. The third-order valence-corrected chi connectivity index (χ3v) is 3.61. The van der Waals surface area contributed by atoms with Gasteiger partial charge in [0.2, 0.25) is 5.91 Å². The van der Waals surface area contributed by atoms with Crippen LogP contribution in [0.1, 0.15) is 5.56 Å². The number of carbonyl (C=O) groups is 1. The van der Waals surface area contributed by atoms with E-state index in [9.17, 15) is 4.79 Å². The van der Waals surface area contributed by atoms with Crippen LogP contribution in [0.15, 0.2) is 72.8 Å². The predicted molar refractivity (Wildman–Crippen MR) is 92.6 cm³/mol. The maximum absolute atomic E-state index is 12.0. The van der Waals surface area contributed by atoms with Crippen molar-refractivity contribution in [2.45, 2.75) is 6.42 Å². The van der Waals surface area contributed by atoms with Gasteiger partial charge in [-0.3, -0.25) is 4.79 Å². The number of hydrogen-bond donors (Lipinski definition) is 1. The topological polar surface area (TPSA) is 38.3 Å². The van der Waals surface area contributed by atoms with Crippen molar-refractivity contribution in [2.24, 2.45) is 0 Å². The summed E-state index contributed by atoms with van der Waals surface area (Å²) in [5, 5.41) is 5.23. The Morgan fingerprint density at radius 3 is 2.43 bits per heavy atom. The van der Waals surface area contributed by atoms with Gasteiger partial charge >= 0.3 is 0 Å². The van der Waals surface area contributed by atoms with Crippen molar-refractivity contribution < 1.29 is 9.53 Å². The van der Waals surface area contributed by atoms with Crippen molar-refractivity contribution in [3.05, 3.63) is 78.4 Å². The van der Waals surface area contributed by atoms with Gasteiger partial charge in [-0.15, -0.1) is 0 Å². The standard InChI is InChI=1S/C20H19NO2/c22-20(21-12-13-23-19-8-2-1-3-9-19)15-16-10-11-17-6-4-5-7-18(17)14-16/h1-11,14H,12-13,15H2,(H,21,22). The first-order chi connectivity index (χ1) is 11.3. The summed E-state index contributed by atoms with van der Waals surface area (Å²) in [6, 6.07) is 23.9. The molecule has 0 aliphatic heterocycles. The summed E-state index contributed by atoms with van der Waals surface area (Å²) in [5.41, 5.74) is 1.02. The van der Waals surface area contributed by atoms with Crippen LogP contribution in [0, 0.1) is 0 Å². The maximum atomic E-state index is 12.0. The molecule has 0 radical (unpaired) electrons. The molecular formula is C20H19NO2. The molecule has 0 atom stereocenters. The van der Waals surface area contributed by atoms with Crippen LogP contribution >= 0.6 is 0 Å². The molecule has 0 aromatic heterocycles. The SMILES string of the molecule is O=C(Cc1ccc2ccccc2c1)NCCOc1ccccc1. The highest BCUT2D eigenvalue weighted by molar-refractivity contribution is 5.85. The maximum Gasteiger partial charge on any atom is 0.224 e. The minimum atomic E-state index is 0.0111. The lowest BCUT2D eigenvalue weighted by molar-refractivity contribution is -0.120. The molecule has 0 aliphatic rings. The van der Waals surface area contributed by atoms with Gasteiger partial charge < -0.3 is 10.1 Å². The van der Waals surface area contributed by atoms with E-state index in [2.05, 4.69) is 29.6 Å². The van der Waals surface area contributed by atoms with Crippen molar-refractivity contribution in [3.63, 3.8) is 0 Å². The lowest BCUT2D eigenvalue weighted by Crippen LogP contribution is -2.29. The second kappa shape index (κ2) is 7.45. The molecule has 1 N–H and O–H groups in total. The Balaban J connectivity index is 1.46. The fourth-order valence-electron chi connectivity index (χ4n) is 2.47. The van der Waals surface area contributed by atoms with E-state index in [1.54, 1.807) is 0 Å². The van der Waals surface area contributed by atoms with E-state index in [0.717, 1.165) is 16.7 Å². The Labute approximate surface area is 135 Å². The van der Waals surface area contributed by atoms with Crippen LogP contribution in [-0.4, -0.2) is 19.1 Å². The molecule has 3 rings (SSSR count). The minimum Gasteiger partial charge on any atom is -0.492 e. The van der Waals surface area contributed by atoms with Crippen molar-refractivity contribution in [1.29, 1.82) is 0 Å². The van der Waals surface area contributed by atoms with Gasteiger partial charge in [-0.25, -0.2) is 0 Å². The Hall–Kier alpha value is -2.81. The van der Waals surface area contributed by atoms with E-state index in [1.165, 1.54) is 5.39 Å². The van der Waals surface area contributed by atoms with E-state index in [-0.39, 0.29) is 5.91 Å². The summed E-state index contributed by atoms with van der Waals surface area (Å²) in [6.45, 7) is 0.967. The molecule has 1 amide bonds. The largest absolute Gasteiger partial charge is 0.492 e. The van der Waals surface area contributed by atoms with Crippen LogP contribution in [0.3, 0.4) is 0 Å². The lowest BCUT2D eigenvalue weighted by atomic mass is 10.1. The van der Waals surface area contributed by atoms with Gasteiger partial charge in [-0.2, -0.15) is 0 Å². The van der Waals surface area contributed by atoms with E-state index < -0.39 is 0 Å². The van der Waals surface area contributed by atoms with Crippen LogP contribution in [-0.2, 0) is 11.2 Å². The normalized spacial score (nSPS) is 10.4. The van der Waals surface area contributed by atoms with Gasteiger partial charge in [-0.1, -0.05) is 60.7 Å². The third-order valence-electron chi connectivity index (χ3n) is 3.61. The zero-order valence-corrected chi connectivity index (χ0v) is 12.9. The summed E-state index contributed by atoms with van der Waals surface area (Å²) >= 11 is 0. The molecule has 0 saturated carbocycles. The first kappa shape index (κ1) is 15.1. The highest BCUT2D eigenvalue weighted by Crippen LogP contribution is 2.15. The highest BCUT2D eigenvalue weighted by Gasteiger charge is 2.04. The monoisotopic (exact) mass is 305 g/mol. The Morgan fingerprint density at radius 2 is 1.61 bits per heavy atom. The van der Waals surface area contributed by atoms with Gasteiger partial charge in [0.1, 0.15) is 12.4 Å². The molecule has 3 aromatic carbocycles. The molecular weight excluding hydrogens is 286 g/mol. The molecule has 0 bridgehead atoms. The first-order valence-electron chi connectivity index (χ1n) is 7.73. The second-order valence-electron chi connectivity index (χ2n) is 5.37. The molecule has 3 nitrogen and oxygen atoms in total. The molecule has 0 spiro atoms. The quantitative estimate of drug-likeness (QED) is 0.707. The summed E-state index contributed by atoms with van der Waals surface area (Å²) in [7, 11) is 0. The Morgan fingerprint density at radius 1 is 0.870 bits per heavy atom. The number of para-hydroxylation sites is 1. The van der Waals surface area contributed by atoms with Crippen molar-refractivity contribution in [2.75, 3.05) is 13.2 Å².